The van der Waals surface area contributed by atoms with Gasteiger partial charge in [0.2, 0.25) is 0 Å². The molecule has 0 spiro atoms. The molecule has 1 aromatic rings. The monoisotopic (exact) mass is 308 g/mol. The Morgan fingerprint density at radius 2 is 2.05 bits per heavy atom. The quantitative estimate of drug-likeness (QED) is 0.906. The van der Waals surface area contributed by atoms with Crippen LogP contribution in [0.1, 0.15) is 49.7 Å². The van der Waals surface area contributed by atoms with Crippen molar-refractivity contribution < 1.29 is 0 Å². The molecule has 21 heavy (non-hydrogen) atoms. The van der Waals surface area contributed by atoms with E-state index < -0.39 is 0 Å². The molecule has 118 valence electrons. The number of thiazole rings is 1. The minimum Gasteiger partial charge on any atom is -0.346 e. The first kappa shape index (κ1) is 15.3. The maximum atomic E-state index is 4.96. The van der Waals surface area contributed by atoms with E-state index in [2.05, 4.69) is 29.0 Å². The molecule has 0 radical (unpaired) electrons. The van der Waals surface area contributed by atoms with Crippen LogP contribution in [-0.4, -0.2) is 49.2 Å². The number of nitrogens with one attached hydrogen (secondary N) is 1. The molecule has 2 aliphatic rings. The molecule has 5 heteroatoms. The molecule has 1 aliphatic carbocycles. The van der Waals surface area contributed by atoms with E-state index >= 15 is 0 Å². The van der Waals surface area contributed by atoms with Crippen LogP contribution in [0.25, 0.3) is 0 Å². The topological polar surface area (TPSA) is 31.4 Å². The fourth-order valence-corrected chi connectivity index (χ4v) is 4.74. The molecule has 0 saturated carbocycles. The Balaban J connectivity index is 1.67. The van der Waals surface area contributed by atoms with E-state index in [1.54, 1.807) is 0 Å². The number of anilines is 1. The average Bonchev–Trinajstić information content (AvgIpc) is 2.94. The van der Waals surface area contributed by atoms with Crippen LogP contribution in [0.15, 0.2) is 0 Å². The van der Waals surface area contributed by atoms with Gasteiger partial charge in [0.05, 0.1) is 5.69 Å². The summed E-state index contributed by atoms with van der Waals surface area (Å²) < 4.78 is 0. The Morgan fingerprint density at radius 1 is 1.24 bits per heavy atom. The lowest BCUT2D eigenvalue weighted by Crippen LogP contribution is -2.46. The molecule has 4 nitrogen and oxygen atoms in total. The number of nitrogens with zero attached hydrogens (tertiary/aromatic N) is 3. The summed E-state index contributed by atoms with van der Waals surface area (Å²) >= 11 is 1.94. The normalized spacial score (nSPS) is 23.3. The highest BCUT2D eigenvalue weighted by molar-refractivity contribution is 7.15. The third kappa shape index (κ3) is 3.41. The first-order valence-electron chi connectivity index (χ1n) is 8.52. The molecule has 2 heterocycles. The SMILES string of the molecule is CCCN1CCN(c2nc3c(s2)C(NCC)CCC3)CC1. The van der Waals surface area contributed by atoms with Crippen molar-refractivity contribution in [1.29, 1.82) is 0 Å². The highest BCUT2D eigenvalue weighted by atomic mass is 32.1. The van der Waals surface area contributed by atoms with Crippen molar-refractivity contribution in [2.75, 3.05) is 44.2 Å². The van der Waals surface area contributed by atoms with Crippen molar-refractivity contribution in [3.8, 4) is 0 Å². The minimum absolute atomic E-state index is 0.548. The number of aromatic nitrogens is 1. The van der Waals surface area contributed by atoms with Gasteiger partial charge >= 0.3 is 0 Å². The maximum absolute atomic E-state index is 4.96. The Bertz CT molecular complexity index is 451. The predicted molar refractivity (Wildman–Crippen MR) is 90.4 cm³/mol. The van der Waals surface area contributed by atoms with Crippen LogP contribution in [0, 0.1) is 0 Å². The molecule has 0 amide bonds. The van der Waals surface area contributed by atoms with Gasteiger partial charge in [0, 0.05) is 37.1 Å². The molecule has 1 aromatic heterocycles. The highest BCUT2D eigenvalue weighted by Gasteiger charge is 2.26. The zero-order chi connectivity index (χ0) is 14.7. The van der Waals surface area contributed by atoms with Gasteiger partial charge in [-0.2, -0.15) is 0 Å². The Kier molecular flexibility index (Phi) is 5.14. The van der Waals surface area contributed by atoms with E-state index in [9.17, 15) is 0 Å². The zero-order valence-electron chi connectivity index (χ0n) is 13.4. The van der Waals surface area contributed by atoms with Gasteiger partial charge in [0.1, 0.15) is 0 Å². The van der Waals surface area contributed by atoms with Gasteiger partial charge in [0.15, 0.2) is 5.13 Å². The molecule has 0 bridgehead atoms. The van der Waals surface area contributed by atoms with Crippen molar-refractivity contribution in [3.05, 3.63) is 10.6 Å². The smallest absolute Gasteiger partial charge is 0.185 e. The van der Waals surface area contributed by atoms with E-state index in [-0.39, 0.29) is 0 Å². The van der Waals surface area contributed by atoms with Crippen LogP contribution >= 0.6 is 11.3 Å². The van der Waals surface area contributed by atoms with Crippen LogP contribution in [0.5, 0.6) is 0 Å². The van der Waals surface area contributed by atoms with E-state index in [0.717, 1.165) is 19.6 Å². The minimum atomic E-state index is 0.548. The first-order valence-corrected chi connectivity index (χ1v) is 9.33. The van der Waals surface area contributed by atoms with Crippen LogP contribution in [0.4, 0.5) is 5.13 Å². The maximum Gasteiger partial charge on any atom is 0.185 e. The van der Waals surface area contributed by atoms with E-state index in [4.69, 9.17) is 4.98 Å². The summed E-state index contributed by atoms with van der Waals surface area (Å²) in [5, 5.41) is 4.89. The first-order chi connectivity index (χ1) is 10.3. The summed E-state index contributed by atoms with van der Waals surface area (Å²) in [4.78, 5) is 11.5. The van der Waals surface area contributed by atoms with Gasteiger partial charge < -0.3 is 10.2 Å². The Morgan fingerprint density at radius 3 is 2.76 bits per heavy atom. The van der Waals surface area contributed by atoms with Crippen LogP contribution < -0.4 is 10.2 Å². The molecule has 0 aromatic carbocycles. The third-order valence-corrected chi connectivity index (χ3v) is 5.84. The lowest BCUT2D eigenvalue weighted by Gasteiger charge is -2.34. The molecule has 1 fully saturated rings. The molecule has 1 unspecified atom stereocenters. The average molecular weight is 308 g/mol. The second kappa shape index (κ2) is 7.07. The summed E-state index contributed by atoms with van der Waals surface area (Å²) in [5.41, 5.74) is 1.36. The van der Waals surface area contributed by atoms with Crippen LogP contribution in [0.3, 0.4) is 0 Å². The fourth-order valence-electron chi connectivity index (χ4n) is 3.46. The van der Waals surface area contributed by atoms with Crippen molar-refractivity contribution in [3.63, 3.8) is 0 Å². The molecular weight excluding hydrogens is 280 g/mol. The number of piperazine rings is 1. The van der Waals surface area contributed by atoms with Crippen molar-refractivity contribution >= 4 is 16.5 Å². The molecule has 3 rings (SSSR count). The summed E-state index contributed by atoms with van der Waals surface area (Å²) in [6, 6.07) is 0.548. The number of hydrogen-bond acceptors (Lipinski definition) is 5. The van der Waals surface area contributed by atoms with Crippen molar-refractivity contribution in [2.24, 2.45) is 0 Å². The summed E-state index contributed by atoms with van der Waals surface area (Å²) in [7, 11) is 0. The summed E-state index contributed by atoms with van der Waals surface area (Å²) in [6.07, 6.45) is 4.98. The molecule has 1 saturated heterocycles. The Hall–Kier alpha value is -0.650. The number of aryl methyl sites for hydroxylation is 1. The number of fused-ring (bicyclic) bond motifs is 1. The van der Waals surface area contributed by atoms with E-state index in [0.29, 0.717) is 6.04 Å². The third-order valence-electron chi connectivity index (χ3n) is 4.57. The predicted octanol–water partition coefficient (Wildman–Crippen LogP) is 2.66. The lowest BCUT2D eigenvalue weighted by atomic mass is 9.98. The number of rotatable bonds is 5. The second-order valence-corrected chi connectivity index (χ2v) is 7.15. The summed E-state index contributed by atoms with van der Waals surface area (Å²) in [5.74, 6) is 0. The Labute approximate surface area is 132 Å². The molecule has 1 aliphatic heterocycles. The number of hydrogen-bond donors (Lipinski definition) is 1. The van der Waals surface area contributed by atoms with E-state index in [1.165, 1.54) is 61.0 Å². The molecular formula is C16H28N4S. The van der Waals surface area contributed by atoms with Gasteiger partial charge in [-0.05, 0) is 38.8 Å². The standard InChI is InChI=1S/C16H28N4S/c1-3-8-19-9-11-20(12-10-19)16-18-14-7-5-6-13(17-4-2)15(14)21-16/h13,17H,3-12H2,1-2H3. The molecule has 1 atom stereocenters. The highest BCUT2D eigenvalue weighted by Crippen LogP contribution is 2.37. The van der Waals surface area contributed by atoms with Gasteiger partial charge in [-0.15, -0.1) is 0 Å². The second-order valence-electron chi connectivity index (χ2n) is 6.14. The van der Waals surface area contributed by atoms with Gasteiger partial charge in [0.25, 0.3) is 0 Å². The zero-order valence-corrected chi connectivity index (χ0v) is 14.2. The van der Waals surface area contributed by atoms with Gasteiger partial charge in [-0.25, -0.2) is 4.98 Å². The van der Waals surface area contributed by atoms with Crippen molar-refractivity contribution in [1.82, 2.24) is 15.2 Å². The summed E-state index contributed by atoms with van der Waals surface area (Å²) in [6.45, 7) is 11.4. The van der Waals surface area contributed by atoms with Gasteiger partial charge in [-0.3, -0.25) is 4.90 Å². The largest absolute Gasteiger partial charge is 0.346 e. The van der Waals surface area contributed by atoms with Gasteiger partial charge in [-0.1, -0.05) is 25.2 Å². The van der Waals surface area contributed by atoms with Crippen LogP contribution in [-0.2, 0) is 6.42 Å². The fraction of sp³-hybridized carbons (Fsp3) is 0.812. The molecule has 1 N–H and O–H groups in total. The van der Waals surface area contributed by atoms with Crippen molar-refractivity contribution in [2.45, 2.75) is 45.6 Å². The van der Waals surface area contributed by atoms with Crippen LogP contribution in [0.2, 0.25) is 0 Å². The van der Waals surface area contributed by atoms with E-state index in [1.807, 2.05) is 11.3 Å². The lowest BCUT2D eigenvalue weighted by molar-refractivity contribution is 0.258.